The van der Waals surface area contributed by atoms with Crippen molar-refractivity contribution in [1.29, 1.82) is 0 Å². The van der Waals surface area contributed by atoms with Gasteiger partial charge < -0.3 is 15.7 Å². The highest BCUT2D eigenvalue weighted by Gasteiger charge is 2.23. The van der Waals surface area contributed by atoms with Crippen molar-refractivity contribution >= 4 is 5.91 Å². The van der Waals surface area contributed by atoms with E-state index >= 15 is 0 Å². The number of carbonyl (C=O) groups excluding carboxylic acids is 1. The van der Waals surface area contributed by atoms with Crippen molar-refractivity contribution < 1.29 is 9.90 Å². The van der Waals surface area contributed by atoms with Gasteiger partial charge in [-0.1, -0.05) is 25.0 Å². The van der Waals surface area contributed by atoms with Crippen LogP contribution in [0.2, 0.25) is 0 Å². The highest BCUT2D eigenvalue weighted by molar-refractivity contribution is 5.93. The summed E-state index contributed by atoms with van der Waals surface area (Å²) >= 11 is 0. The van der Waals surface area contributed by atoms with E-state index in [0.717, 1.165) is 19.5 Å². The van der Waals surface area contributed by atoms with Crippen LogP contribution in [0.1, 0.15) is 41.6 Å². The van der Waals surface area contributed by atoms with E-state index in [4.69, 9.17) is 0 Å². The first-order valence-electron chi connectivity index (χ1n) is 7.87. The van der Waals surface area contributed by atoms with Gasteiger partial charge >= 0.3 is 0 Å². The van der Waals surface area contributed by atoms with E-state index in [0.29, 0.717) is 24.0 Å². The van der Waals surface area contributed by atoms with Crippen molar-refractivity contribution in [3.05, 3.63) is 35.4 Å². The molecule has 0 aliphatic heterocycles. The molecule has 1 amide bonds. The number of nitrogens with one attached hydrogen (secondary N) is 2. The summed E-state index contributed by atoms with van der Waals surface area (Å²) in [4.78, 5) is 11.5. The molecule has 1 aromatic rings. The average Bonchev–Trinajstić information content (AvgIpc) is 2.55. The van der Waals surface area contributed by atoms with Gasteiger partial charge in [-0.2, -0.15) is 0 Å². The molecular formula is C17H26N2O2. The molecule has 2 atom stereocenters. The number of hydrogen-bond donors (Lipinski definition) is 3. The van der Waals surface area contributed by atoms with Crippen molar-refractivity contribution in [3.63, 3.8) is 0 Å². The number of carbonyl (C=O) groups is 1. The molecule has 0 radical (unpaired) electrons. The summed E-state index contributed by atoms with van der Waals surface area (Å²) in [7, 11) is 1.64. The molecule has 0 aromatic heterocycles. The lowest BCUT2D eigenvalue weighted by atomic mass is 9.79. The summed E-state index contributed by atoms with van der Waals surface area (Å²) in [6.45, 7) is 2.08. The first kappa shape index (κ1) is 16.0. The lowest BCUT2D eigenvalue weighted by Gasteiger charge is -2.30. The van der Waals surface area contributed by atoms with Gasteiger partial charge in [0, 0.05) is 25.8 Å². The fourth-order valence-corrected chi connectivity index (χ4v) is 3.11. The van der Waals surface area contributed by atoms with Gasteiger partial charge in [-0.25, -0.2) is 0 Å². The molecule has 4 heteroatoms. The standard InChI is InChI=1S/C17H26N2O2/c1-18-17(21)14-8-6-13(7-9-14)10-19-11-15-4-2-3-5-16(15)12-20/h6-9,15-16,19-20H,2-5,10-12H2,1H3,(H,18,21). The third kappa shape index (κ3) is 4.55. The van der Waals surface area contributed by atoms with Crippen LogP contribution in [0.5, 0.6) is 0 Å². The topological polar surface area (TPSA) is 61.4 Å². The fraction of sp³-hybridized carbons (Fsp3) is 0.588. The van der Waals surface area contributed by atoms with Crippen LogP contribution in [0, 0.1) is 11.8 Å². The number of aliphatic hydroxyl groups is 1. The summed E-state index contributed by atoms with van der Waals surface area (Å²) in [5, 5.41) is 15.5. The molecule has 0 heterocycles. The Hall–Kier alpha value is -1.39. The molecule has 0 saturated heterocycles. The van der Waals surface area contributed by atoms with Crippen LogP contribution in [0.3, 0.4) is 0 Å². The maximum atomic E-state index is 11.5. The van der Waals surface area contributed by atoms with E-state index in [1.165, 1.54) is 24.8 Å². The predicted molar refractivity (Wildman–Crippen MR) is 84.1 cm³/mol. The Balaban J connectivity index is 1.79. The Bertz CT molecular complexity index is 445. The molecule has 1 fully saturated rings. The number of rotatable bonds is 6. The van der Waals surface area contributed by atoms with Crippen LogP contribution in [-0.2, 0) is 6.54 Å². The van der Waals surface area contributed by atoms with Crippen LogP contribution in [-0.4, -0.2) is 31.2 Å². The van der Waals surface area contributed by atoms with Gasteiger partial charge in [0.05, 0.1) is 0 Å². The zero-order valence-electron chi connectivity index (χ0n) is 12.8. The lowest BCUT2D eigenvalue weighted by molar-refractivity contribution is 0.0963. The number of aliphatic hydroxyl groups excluding tert-OH is 1. The van der Waals surface area contributed by atoms with Gasteiger partial charge in [0.15, 0.2) is 0 Å². The molecule has 1 saturated carbocycles. The number of hydrogen-bond acceptors (Lipinski definition) is 3. The molecule has 0 spiro atoms. The Morgan fingerprint density at radius 2 is 1.86 bits per heavy atom. The molecule has 1 aliphatic carbocycles. The largest absolute Gasteiger partial charge is 0.396 e. The summed E-state index contributed by atoms with van der Waals surface area (Å²) in [6.07, 6.45) is 4.91. The van der Waals surface area contributed by atoms with E-state index in [-0.39, 0.29) is 5.91 Å². The van der Waals surface area contributed by atoms with E-state index in [2.05, 4.69) is 10.6 Å². The smallest absolute Gasteiger partial charge is 0.251 e. The van der Waals surface area contributed by atoms with Crippen LogP contribution >= 0.6 is 0 Å². The molecule has 4 nitrogen and oxygen atoms in total. The van der Waals surface area contributed by atoms with Gasteiger partial charge in [-0.15, -0.1) is 0 Å². The molecule has 3 N–H and O–H groups in total. The summed E-state index contributed by atoms with van der Waals surface area (Å²) in [6, 6.07) is 7.68. The minimum absolute atomic E-state index is 0.0532. The Morgan fingerprint density at radius 1 is 1.19 bits per heavy atom. The third-order valence-electron chi connectivity index (χ3n) is 4.48. The number of benzene rings is 1. The zero-order chi connectivity index (χ0) is 15.1. The highest BCUT2D eigenvalue weighted by atomic mass is 16.3. The van der Waals surface area contributed by atoms with Gasteiger partial charge in [0.25, 0.3) is 5.91 Å². The van der Waals surface area contributed by atoms with Gasteiger partial charge in [-0.05, 0) is 48.9 Å². The fourth-order valence-electron chi connectivity index (χ4n) is 3.11. The Morgan fingerprint density at radius 3 is 2.48 bits per heavy atom. The van der Waals surface area contributed by atoms with E-state index in [1.54, 1.807) is 7.05 Å². The van der Waals surface area contributed by atoms with E-state index < -0.39 is 0 Å². The minimum Gasteiger partial charge on any atom is -0.396 e. The maximum Gasteiger partial charge on any atom is 0.251 e. The summed E-state index contributed by atoms with van der Waals surface area (Å²) < 4.78 is 0. The Kier molecular flexibility index (Phi) is 6.21. The molecule has 21 heavy (non-hydrogen) atoms. The van der Waals surface area contributed by atoms with Crippen LogP contribution < -0.4 is 10.6 Å². The van der Waals surface area contributed by atoms with Crippen molar-refractivity contribution in [2.45, 2.75) is 32.2 Å². The SMILES string of the molecule is CNC(=O)c1ccc(CNCC2CCCCC2CO)cc1. The third-order valence-corrected chi connectivity index (χ3v) is 4.48. The number of amides is 1. The monoisotopic (exact) mass is 290 g/mol. The van der Waals surface area contributed by atoms with Crippen LogP contribution in [0.4, 0.5) is 0 Å². The Labute approximate surface area is 126 Å². The molecule has 2 unspecified atom stereocenters. The van der Waals surface area contributed by atoms with Crippen molar-refractivity contribution in [2.75, 3.05) is 20.2 Å². The summed E-state index contributed by atoms with van der Waals surface area (Å²) in [5.41, 5.74) is 1.87. The molecule has 116 valence electrons. The molecule has 2 rings (SSSR count). The molecular weight excluding hydrogens is 264 g/mol. The molecule has 0 bridgehead atoms. The van der Waals surface area contributed by atoms with Gasteiger partial charge in [-0.3, -0.25) is 4.79 Å². The summed E-state index contributed by atoms with van der Waals surface area (Å²) in [5.74, 6) is 0.998. The van der Waals surface area contributed by atoms with E-state index in [1.807, 2.05) is 24.3 Å². The zero-order valence-corrected chi connectivity index (χ0v) is 12.8. The highest BCUT2D eigenvalue weighted by Crippen LogP contribution is 2.29. The maximum absolute atomic E-state index is 11.5. The van der Waals surface area contributed by atoms with Gasteiger partial charge in [0.1, 0.15) is 0 Å². The second-order valence-corrected chi connectivity index (χ2v) is 5.89. The van der Waals surface area contributed by atoms with Crippen molar-refractivity contribution in [1.82, 2.24) is 10.6 Å². The average molecular weight is 290 g/mol. The first-order valence-corrected chi connectivity index (χ1v) is 7.87. The van der Waals surface area contributed by atoms with Crippen LogP contribution in [0.25, 0.3) is 0 Å². The van der Waals surface area contributed by atoms with E-state index in [9.17, 15) is 9.90 Å². The molecule has 1 aliphatic rings. The minimum atomic E-state index is -0.0532. The van der Waals surface area contributed by atoms with Crippen molar-refractivity contribution in [3.8, 4) is 0 Å². The second kappa shape index (κ2) is 8.15. The first-order chi connectivity index (χ1) is 10.2. The quantitative estimate of drug-likeness (QED) is 0.750. The normalized spacial score (nSPS) is 22.0. The van der Waals surface area contributed by atoms with Crippen LogP contribution in [0.15, 0.2) is 24.3 Å². The predicted octanol–water partition coefficient (Wildman–Crippen LogP) is 1.93. The van der Waals surface area contributed by atoms with Gasteiger partial charge in [0.2, 0.25) is 0 Å². The second-order valence-electron chi connectivity index (χ2n) is 5.89. The molecule has 1 aromatic carbocycles. The lowest BCUT2D eigenvalue weighted by Crippen LogP contribution is -2.32. The van der Waals surface area contributed by atoms with Crippen molar-refractivity contribution in [2.24, 2.45) is 11.8 Å².